The Bertz CT molecular complexity index is 138. The lowest BCUT2D eigenvalue weighted by Crippen LogP contribution is -2.35. The maximum Gasteiger partial charge on any atom is 0.0567 e. The molecule has 1 aliphatic rings. The van der Waals surface area contributed by atoms with Gasteiger partial charge < -0.3 is 10.2 Å². The third-order valence-electron chi connectivity index (χ3n) is 2.88. The normalized spacial score (nSPS) is 38.2. The van der Waals surface area contributed by atoms with Crippen molar-refractivity contribution in [3.8, 4) is 0 Å². The molecule has 0 amide bonds. The first-order valence-corrected chi connectivity index (χ1v) is 4.75. The molecule has 1 unspecified atom stereocenters. The molecule has 0 aliphatic heterocycles. The minimum Gasteiger partial charge on any atom is -0.393 e. The molecule has 1 aliphatic carbocycles. The van der Waals surface area contributed by atoms with E-state index in [0.717, 1.165) is 12.8 Å². The smallest absolute Gasteiger partial charge is 0.0567 e. The van der Waals surface area contributed by atoms with E-state index in [2.05, 4.69) is 20.8 Å². The lowest BCUT2D eigenvalue weighted by molar-refractivity contribution is -0.0150. The molecule has 1 rings (SSSR count). The van der Waals surface area contributed by atoms with Gasteiger partial charge in [-0.1, -0.05) is 20.8 Å². The van der Waals surface area contributed by atoms with E-state index >= 15 is 0 Å². The van der Waals surface area contributed by atoms with Gasteiger partial charge in [0.1, 0.15) is 0 Å². The molecular formula is C10H20O2. The quantitative estimate of drug-likeness (QED) is 0.582. The second-order valence-corrected chi connectivity index (χ2v) is 5.08. The van der Waals surface area contributed by atoms with E-state index < -0.39 is 0 Å². The second-order valence-electron chi connectivity index (χ2n) is 5.08. The minimum atomic E-state index is -0.294. The first-order chi connectivity index (χ1) is 5.39. The second kappa shape index (κ2) is 3.35. The molecule has 2 heteroatoms. The molecule has 0 radical (unpaired) electrons. The van der Waals surface area contributed by atoms with Crippen molar-refractivity contribution in [2.75, 3.05) is 0 Å². The van der Waals surface area contributed by atoms with Gasteiger partial charge in [-0.05, 0) is 30.6 Å². The largest absolute Gasteiger partial charge is 0.393 e. The zero-order valence-electron chi connectivity index (χ0n) is 8.25. The molecule has 12 heavy (non-hydrogen) atoms. The number of aliphatic hydroxyl groups is 2. The standard InChI is InChI=1S/C10H20O2/c1-10(2,3)7-4-8(11)6-9(12)5-7/h7-9,11-12H,4-6H2,1-3H3/t7?,8-,9+. The summed E-state index contributed by atoms with van der Waals surface area (Å²) in [6, 6.07) is 0. The van der Waals surface area contributed by atoms with Crippen molar-refractivity contribution in [3.63, 3.8) is 0 Å². The van der Waals surface area contributed by atoms with E-state index in [0.29, 0.717) is 12.3 Å². The molecule has 0 aromatic heterocycles. The Morgan fingerprint density at radius 2 is 1.33 bits per heavy atom. The molecule has 0 heterocycles. The van der Waals surface area contributed by atoms with Crippen LogP contribution in [0.5, 0.6) is 0 Å². The van der Waals surface area contributed by atoms with Crippen LogP contribution in [0.15, 0.2) is 0 Å². The lowest BCUT2D eigenvalue weighted by Gasteiger charge is -2.38. The van der Waals surface area contributed by atoms with Crippen LogP contribution < -0.4 is 0 Å². The summed E-state index contributed by atoms with van der Waals surface area (Å²) in [5.74, 6) is 0.455. The van der Waals surface area contributed by atoms with E-state index in [1.54, 1.807) is 0 Å². The summed E-state index contributed by atoms with van der Waals surface area (Å²) >= 11 is 0. The van der Waals surface area contributed by atoms with Gasteiger partial charge in [0.2, 0.25) is 0 Å². The van der Waals surface area contributed by atoms with Crippen LogP contribution in [0, 0.1) is 11.3 Å². The van der Waals surface area contributed by atoms with Crippen LogP contribution in [0.2, 0.25) is 0 Å². The van der Waals surface area contributed by atoms with Gasteiger partial charge in [-0.25, -0.2) is 0 Å². The summed E-state index contributed by atoms with van der Waals surface area (Å²) in [6.07, 6.45) is 1.67. The Kier molecular flexibility index (Phi) is 2.79. The van der Waals surface area contributed by atoms with Crippen LogP contribution in [-0.4, -0.2) is 22.4 Å². The van der Waals surface area contributed by atoms with E-state index in [-0.39, 0.29) is 17.6 Å². The predicted octanol–water partition coefficient (Wildman–Crippen LogP) is 1.55. The Labute approximate surface area is 74.6 Å². The Morgan fingerprint density at radius 3 is 1.67 bits per heavy atom. The SMILES string of the molecule is CC(C)(C)C1C[C@@H](O)C[C@@H](O)C1. The Hall–Kier alpha value is -0.0800. The summed E-state index contributed by atoms with van der Waals surface area (Å²) in [6.45, 7) is 6.51. The number of hydrogen-bond donors (Lipinski definition) is 2. The fraction of sp³-hybridized carbons (Fsp3) is 1.00. The molecule has 0 bridgehead atoms. The molecule has 0 spiro atoms. The molecule has 72 valence electrons. The van der Waals surface area contributed by atoms with Gasteiger partial charge in [0.05, 0.1) is 12.2 Å². The van der Waals surface area contributed by atoms with Crippen molar-refractivity contribution in [3.05, 3.63) is 0 Å². The first kappa shape index (κ1) is 10.0. The Balaban J connectivity index is 2.55. The van der Waals surface area contributed by atoms with Crippen molar-refractivity contribution in [2.45, 2.75) is 52.2 Å². The van der Waals surface area contributed by atoms with Crippen LogP contribution in [0.25, 0.3) is 0 Å². The molecule has 0 aromatic rings. The molecular weight excluding hydrogens is 152 g/mol. The predicted molar refractivity (Wildman–Crippen MR) is 48.8 cm³/mol. The summed E-state index contributed by atoms with van der Waals surface area (Å²) in [5, 5.41) is 18.9. The fourth-order valence-corrected chi connectivity index (χ4v) is 1.97. The van der Waals surface area contributed by atoms with Crippen molar-refractivity contribution >= 4 is 0 Å². The maximum atomic E-state index is 9.45. The highest BCUT2D eigenvalue weighted by atomic mass is 16.3. The molecule has 2 nitrogen and oxygen atoms in total. The van der Waals surface area contributed by atoms with E-state index in [1.165, 1.54) is 0 Å². The third-order valence-corrected chi connectivity index (χ3v) is 2.88. The highest BCUT2D eigenvalue weighted by Crippen LogP contribution is 2.37. The molecule has 1 saturated carbocycles. The van der Waals surface area contributed by atoms with Crippen LogP contribution >= 0.6 is 0 Å². The van der Waals surface area contributed by atoms with Gasteiger partial charge >= 0.3 is 0 Å². The Morgan fingerprint density at radius 1 is 0.917 bits per heavy atom. The van der Waals surface area contributed by atoms with Crippen molar-refractivity contribution in [1.29, 1.82) is 0 Å². The molecule has 0 aromatic carbocycles. The summed E-state index contributed by atoms with van der Waals surface area (Å²) in [7, 11) is 0. The van der Waals surface area contributed by atoms with Gasteiger partial charge in [0.25, 0.3) is 0 Å². The van der Waals surface area contributed by atoms with Gasteiger partial charge in [0.15, 0.2) is 0 Å². The van der Waals surface area contributed by atoms with Gasteiger partial charge in [-0.3, -0.25) is 0 Å². The maximum absolute atomic E-state index is 9.45. The minimum absolute atomic E-state index is 0.211. The lowest BCUT2D eigenvalue weighted by atomic mass is 9.71. The van der Waals surface area contributed by atoms with Gasteiger partial charge in [-0.2, -0.15) is 0 Å². The number of hydrogen-bond acceptors (Lipinski definition) is 2. The third kappa shape index (κ3) is 2.46. The highest BCUT2D eigenvalue weighted by molar-refractivity contribution is 4.84. The zero-order chi connectivity index (χ0) is 9.35. The molecule has 3 atom stereocenters. The fourth-order valence-electron chi connectivity index (χ4n) is 1.97. The van der Waals surface area contributed by atoms with Gasteiger partial charge in [0, 0.05) is 0 Å². The topological polar surface area (TPSA) is 40.5 Å². The average molecular weight is 172 g/mol. The monoisotopic (exact) mass is 172 g/mol. The van der Waals surface area contributed by atoms with E-state index in [9.17, 15) is 10.2 Å². The van der Waals surface area contributed by atoms with Crippen LogP contribution in [-0.2, 0) is 0 Å². The molecule has 2 N–H and O–H groups in total. The zero-order valence-corrected chi connectivity index (χ0v) is 8.25. The average Bonchev–Trinajstić information content (AvgIpc) is 1.82. The number of aliphatic hydroxyl groups excluding tert-OH is 2. The van der Waals surface area contributed by atoms with Crippen molar-refractivity contribution < 1.29 is 10.2 Å². The van der Waals surface area contributed by atoms with Crippen LogP contribution in [0.3, 0.4) is 0 Å². The van der Waals surface area contributed by atoms with Gasteiger partial charge in [-0.15, -0.1) is 0 Å². The number of rotatable bonds is 0. The van der Waals surface area contributed by atoms with E-state index in [4.69, 9.17) is 0 Å². The molecule has 1 fully saturated rings. The summed E-state index contributed by atoms with van der Waals surface area (Å²) < 4.78 is 0. The first-order valence-electron chi connectivity index (χ1n) is 4.75. The highest BCUT2D eigenvalue weighted by Gasteiger charge is 2.33. The summed E-state index contributed by atoms with van der Waals surface area (Å²) in [4.78, 5) is 0. The summed E-state index contributed by atoms with van der Waals surface area (Å²) in [5.41, 5.74) is 0.211. The van der Waals surface area contributed by atoms with Crippen LogP contribution in [0.1, 0.15) is 40.0 Å². The van der Waals surface area contributed by atoms with Crippen molar-refractivity contribution in [2.24, 2.45) is 11.3 Å². The van der Waals surface area contributed by atoms with E-state index in [1.807, 2.05) is 0 Å². The molecule has 0 saturated heterocycles. The van der Waals surface area contributed by atoms with Crippen molar-refractivity contribution in [1.82, 2.24) is 0 Å². The van der Waals surface area contributed by atoms with Crippen LogP contribution in [0.4, 0.5) is 0 Å².